The fourth-order valence-corrected chi connectivity index (χ4v) is 2.22. The Morgan fingerprint density at radius 3 is 2.50 bits per heavy atom. The molecule has 0 aliphatic rings. The summed E-state index contributed by atoms with van der Waals surface area (Å²) < 4.78 is 5.39. The summed E-state index contributed by atoms with van der Waals surface area (Å²) in [5.41, 5.74) is 2.41. The molecule has 7 nitrogen and oxygen atoms in total. The van der Waals surface area contributed by atoms with Gasteiger partial charge in [-0.1, -0.05) is 24.3 Å². The first-order valence-electron chi connectivity index (χ1n) is 7.60. The van der Waals surface area contributed by atoms with Crippen LogP contribution in [-0.2, 0) is 6.54 Å². The summed E-state index contributed by atoms with van der Waals surface area (Å²) in [4.78, 5) is 12.2. The molecule has 0 bridgehead atoms. The van der Waals surface area contributed by atoms with Crippen molar-refractivity contribution in [3.63, 3.8) is 0 Å². The molecule has 24 heavy (non-hydrogen) atoms. The molecular formula is C17H17N5O2. The molecule has 0 spiro atoms. The fraction of sp³-hybridized carbons (Fsp3) is 0.176. The molecule has 0 aliphatic carbocycles. The van der Waals surface area contributed by atoms with Crippen molar-refractivity contribution in [2.45, 2.75) is 13.5 Å². The van der Waals surface area contributed by atoms with E-state index in [-0.39, 0.29) is 5.91 Å². The lowest BCUT2D eigenvalue weighted by Gasteiger charge is -2.07. The second-order valence-corrected chi connectivity index (χ2v) is 5.09. The van der Waals surface area contributed by atoms with Gasteiger partial charge >= 0.3 is 0 Å². The number of benzene rings is 2. The summed E-state index contributed by atoms with van der Waals surface area (Å²) in [5, 5.41) is 16.5. The number of H-pyrrole nitrogens is 1. The first kappa shape index (κ1) is 15.7. The molecule has 2 N–H and O–H groups in total. The number of nitrogens with one attached hydrogen (secondary N) is 2. The second-order valence-electron chi connectivity index (χ2n) is 5.09. The third-order valence-electron chi connectivity index (χ3n) is 3.45. The summed E-state index contributed by atoms with van der Waals surface area (Å²) in [5.74, 6) is 1.26. The zero-order chi connectivity index (χ0) is 16.8. The van der Waals surface area contributed by atoms with Crippen molar-refractivity contribution in [3.05, 3.63) is 59.7 Å². The molecule has 0 saturated heterocycles. The predicted octanol–water partition coefficient (Wildman–Crippen LogP) is 2.20. The van der Waals surface area contributed by atoms with E-state index < -0.39 is 0 Å². The Kier molecular flexibility index (Phi) is 4.81. The summed E-state index contributed by atoms with van der Waals surface area (Å²) in [6.07, 6.45) is 0. The average molecular weight is 323 g/mol. The highest BCUT2D eigenvalue weighted by atomic mass is 16.5. The van der Waals surface area contributed by atoms with Gasteiger partial charge in [0.05, 0.1) is 6.61 Å². The van der Waals surface area contributed by atoms with E-state index in [1.165, 1.54) is 0 Å². The van der Waals surface area contributed by atoms with Gasteiger partial charge in [0.1, 0.15) is 5.75 Å². The fourth-order valence-electron chi connectivity index (χ4n) is 2.22. The molecule has 0 aliphatic heterocycles. The number of tetrazole rings is 1. The van der Waals surface area contributed by atoms with E-state index in [2.05, 4.69) is 25.9 Å². The lowest BCUT2D eigenvalue weighted by atomic mass is 10.1. The van der Waals surface area contributed by atoms with E-state index in [9.17, 15) is 4.79 Å². The Balaban J connectivity index is 1.58. The van der Waals surface area contributed by atoms with Gasteiger partial charge in [0.25, 0.3) is 5.91 Å². The standard InChI is InChI=1S/C17H17N5O2/c1-2-24-15-9-3-12(4-10-15)11-18-17(23)14-7-5-13(6-8-14)16-19-21-22-20-16/h3-10H,2,11H2,1H3,(H,18,23)(H,19,20,21,22). The molecule has 122 valence electrons. The normalized spacial score (nSPS) is 10.4. The number of rotatable bonds is 6. The van der Waals surface area contributed by atoms with Crippen molar-refractivity contribution in [2.75, 3.05) is 6.61 Å². The topological polar surface area (TPSA) is 92.8 Å². The third-order valence-corrected chi connectivity index (χ3v) is 3.45. The van der Waals surface area contributed by atoms with Gasteiger partial charge in [-0.05, 0) is 47.2 Å². The number of hydrogen-bond acceptors (Lipinski definition) is 5. The van der Waals surface area contributed by atoms with E-state index in [1.807, 2.05) is 31.2 Å². The highest BCUT2D eigenvalue weighted by Gasteiger charge is 2.07. The Hall–Kier alpha value is -3.22. The van der Waals surface area contributed by atoms with Crippen molar-refractivity contribution in [1.29, 1.82) is 0 Å². The SMILES string of the molecule is CCOc1ccc(CNC(=O)c2ccc(-c3nnn[nH]3)cc2)cc1. The lowest BCUT2D eigenvalue weighted by molar-refractivity contribution is 0.0951. The van der Waals surface area contributed by atoms with Crippen LogP contribution >= 0.6 is 0 Å². The van der Waals surface area contributed by atoms with E-state index in [0.717, 1.165) is 16.9 Å². The zero-order valence-corrected chi connectivity index (χ0v) is 13.2. The quantitative estimate of drug-likeness (QED) is 0.725. The smallest absolute Gasteiger partial charge is 0.251 e. The summed E-state index contributed by atoms with van der Waals surface area (Å²) in [6.45, 7) is 3.04. The zero-order valence-electron chi connectivity index (χ0n) is 13.2. The minimum Gasteiger partial charge on any atom is -0.494 e. The van der Waals surface area contributed by atoms with Crippen LogP contribution in [0.25, 0.3) is 11.4 Å². The van der Waals surface area contributed by atoms with Crippen LogP contribution in [0.5, 0.6) is 5.75 Å². The Morgan fingerprint density at radius 1 is 1.12 bits per heavy atom. The van der Waals surface area contributed by atoms with Crippen LogP contribution < -0.4 is 10.1 Å². The summed E-state index contributed by atoms with van der Waals surface area (Å²) in [7, 11) is 0. The second kappa shape index (κ2) is 7.36. The maximum Gasteiger partial charge on any atom is 0.251 e. The molecule has 3 aromatic rings. The third kappa shape index (κ3) is 3.75. The average Bonchev–Trinajstić information content (AvgIpc) is 3.16. The number of hydrogen-bond donors (Lipinski definition) is 2. The maximum absolute atomic E-state index is 12.2. The summed E-state index contributed by atoms with van der Waals surface area (Å²) in [6, 6.07) is 14.7. The van der Waals surface area contributed by atoms with Gasteiger partial charge in [-0.15, -0.1) is 5.10 Å². The Bertz CT molecular complexity index is 783. The van der Waals surface area contributed by atoms with Crippen LogP contribution in [0.15, 0.2) is 48.5 Å². The van der Waals surface area contributed by atoms with E-state index in [1.54, 1.807) is 24.3 Å². The molecule has 0 radical (unpaired) electrons. The minimum absolute atomic E-state index is 0.133. The van der Waals surface area contributed by atoms with E-state index >= 15 is 0 Å². The summed E-state index contributed by atoms with van der Waals surface area (Å²) >= 11 is 0. The van der Waals surface area contributed by atoms with Crippen LogP contribution in [0, 0.1) is 0 Å². The number of carbonyl (C=O) groups is 1. The van der Waals surface area contributed by atoms with Crippen LogP contribution in [0.1, 0.15) is 22.8 Å². The molecule has 7 heteroatoms. The molecule has 0 saturated carbocycles. The molecule has 0 unspecified atom stereocenters. The van der Waals surface area contributed by atoms with E-state index in [4.69, 9.17) is 4.74 Å². The highest BCUT2D eigenvalue weighted by molar-refractivity contribution is 5.94. The molecule has 1 amide bonds. The lowest BCUT2D eigenvalue weighted by Crippen LogP contribution is -2.22. The number of nitrogens with zero attached hydrogens (tertiary/aromatic N) is 3. The first-order valence-corrected chi connectivity index (χ1v) is 7.60. The predicted molar refractivity (Wildman–Crippen MR) is 88.4 cm³/mol. The molecular weight excluding hydrogens is 306 g/mol. The number of amides is 1. The van der Waals surface area contributed by atoms with Crippen LogP contribution in [0.2, 0.25) is 0 Å². The molecule has 0 fully saturated rings. The molecule has 1 aromatic heterocycles. The Morgan fingerprint density at radius 2 is 1.88 bits per heavy atom. The van der Waals surface area contributed by atoms with Gasteiger partial charge in [0.2, 0.25) is 0 Å². The van der Waals surface area contributed by atoms with Gasteiger partial charge in [-0.2, -0.15) is 0 Å². The van der Waals surface area contributed by atoms with Crippen molar-refractivity contribution in [1.82, 2.24) is 25.9 Å². The number of carbonyl (C=O) groups excluding carboxylic acids is 1. The molecule has 0 atom stereocenters. The number of aromatic amines is 1. The first-order chi connectivity index (χ1) is 11.8. The number of ether oxygens (including phenoxy) is 1. The maximum atomic E-state index is 12.2. The van der Waals surface area contributed by atoms with Gasteiger partial charge in [0, 0.05) is 17.7 Å². The van der Waals surface area contributed by atoms with Crippen LogP contribution in [-0.4, -0.2) is 33.1 Å². The van der Waals surface area contributed by atoms with Gasteiger partial charge in [-0.25, -0.2) is 5.10 Å². The van der Waals surface area contributed by atoms with Crippen molar-refractivity contribution in [3.8, 4) is 17.1 Å². The number of aromatic nitrogens is 4. The van der Waals surface area contributed by atoms with E-state index in [0.29, 0.717) is 24.5 Å². The van der Waals surface area contributed by atoms with Gasteiger partial charge < -0.3 is 10.1 Å². The van der Waals surface area contributed by atoms with Crippen LogP contribution in [0.4, 0.5) is 0 Å². The monoisotopic (exact) mass is 323 g/mol. The molecule has 3 rings (SSSR count). The van der Waals surface area contributed by atoms with Crippen molar-refractivity contribution >= 4 is 5.91 Å². The highest BCUT2D eigenvalue weighted by Crippen LogP contribution is 2.14. The Labute approximate surface area is 139 Å². The minimum atomic E-state index is -0.133. The van der Waals surface area contributed by atoms with Gasteiger partial charge in [-0.3, -0.25) is 4.79 Å². The largest absolute Gasteiger partial charge is 0.494 e. The molecule has 1 heterocycles. The molecule has 2 aromatic carbocycles. The van der Waals surface area contributed by atoms with Crippen molar-refractivity contribution in [2.24, 2.45) is 0 Å². The van der Waals surface area contributed by atoms with Crippen LogP contribution in [0.3, 0.4) is 0 Å². The van der Waals surface area contributed by atoms with Gasteiger partial charge in [0.15, 0.2) is 5.82 Å². The van der Waals surface area contributed by atoms with Crippen molar-refractivity contribution < 1.29 is 9.53 Å².